The molecule has 4 fully saturated rings. The maximum atomic E-state index is 13.2. The summed E-state index contributed by atoms with van der Waals surface area (Å²) < 4.78 is 25.1. The van der Waals surface area contributed by atoms with Gasteiger partial charge in [-0.1, -0.05) is 25.0 Å². The molecule has 3 aliphatic heterocycles. The summed E-state index contributed by atoms with van der Waals surface area (Å²) in [6.07, 6.45) is 5.46. The molecule has 0 amide bonds. The average Bonchev–Trinajstić information content (AvgIpc) is 2.81. The summed E-state index contributed by atoms with van der Waals surface area (Å²) in [5.74, 6) is -0.910. The lowest BCUT2D eigenvalue weighted by Crippen LogP contribution is -2.59. The van der Waals surface area contributed by atoms with Gasteiger partial charge in [-0.15, -0.1) is 0 Å². The Bertz CT molecular complexity index is 544. The van der Waals surface area contributed by atoms with Gasteiger partial charge in [-0.05, 0) is 37.3 Å². The predicted molar refractivity (Wildman–Crippen MR) is 76.1 cm³/mol. The molecular formula is C17H21FO4. The molecule has 0 aromatic heterocycles. The minimum absolute atomic E-state index is 0.279. The lowest BCUT2D eigenvalue weighted by atomic mass is 9.73. The third-order valence-corrected chi connectivity index (χ3v) is 5.41. The van der Waals surface area contributed by atoms with Gasteiger partial charge in [-0.2, -0.15) is 4.89 Å². The van der Waals surface area contributed by atoms with Gasteiger partial charge < -0.3 is 9.47 Å². The molecule has 5 heteroatoms. The molecule has 1 aliphatic carbocycles. The zero-order valence-electron chi connectivity index (χ0n) is 12.7. The lowest BCUT2D eigenvalue weighted by molar-refractivity contribution is -0.558. The molecule has 5 rings (SSSR count). The number of fused-ring (bicyclic) bond motifs is 3. The molecule has 4 aliphatic rings. The van der Waals surface area contributed by atoms with E-state index in [1.807, 2.05) is 0 Å². The molecule has 1 aromatic rings. The summed E-state index contributed by atoms with van der Waals surface area (Å²) in [5.41, 5.74) is 0.261. The second-order valence-corrected chi connectivity index (χ2v) is 6.55. The number of halogens is 1. The summed E-state index contributed by atoms with van der Waals surface area (Å²) in [5, 5.41) is 0. The Kier molecular flexibility index (Phi) is 3.49. The van der Waals surface area contributed by atoms with Crippen LogP contribution >= 0.6 is 0 Å². The van der Waals surface area contributed by atoms with E-state index in [1.165, 1.54) is 18.6 Å². The first kappa shape index (κ1) is 14.6. The zero-order valence-corrected chi connectivity index (χ0v) is 12.7. The van der Waals surface area contributed by atoms with Crippen LogP contribution in [0.5, 0.6) is 0 Å². The van der Waals surface area contributed by atoms with Gasteiger partial charge in [-0.3, -0.25) is 0 Å². The monoisotopic (exact) mass is 308 g/mol. The van der Waals surface area contributed by atoms with Gasteiger partial charge in [-0.25, -0.2) is 9.28 Å². The fraction of sp³-hybridized carbons (Fsp3) is 0.647. The predicted octanol–water partition coefficient (Wildman–Crippen LogP) is 3.65. The summed E-state index contributed by atoms with van der Waals surface area (Å²) in [6, 6.07) is 6.22. The van der Waals surface area contributed by atoms with Crippen LogP contribution in [-0.4, -0.2) is 19.0 Å². The number of benzene rings is 1. The van der Waals surface area contributed by atoms with Crippen LogP contribution in [0.2, 0.25) is 0 Å². The Morgan fingerprint density at radius 3 is 2.68 bits per heavy atom. The van der Waals surface area contributed by atoms with Crippen LogP contribution in [0, 0.1) is 11.7 Å². The van der Waals surface area contributed by atoms with Crippen LogP contribution in [0.1, 0.15) is 44.1 Å². The maximum absolute atomic E-state index is 13.2. The van der Waals surface area contributed by atoms with E-state index in [9.17, 15) is 4.39 Å². The lowest BCUT2D eigenvalue weighted by Gasteiger charge is -2.49. The molecule has 22 heavy (non-hydrogen) atoms. The van der Waals surface area contributed by atoms with E-state index >= 15 is 0 Å². The van der Waals surface area contributed by atoms with E-state index < -0.39 is 17.7 Å². The van der Waals surface area contributed by atoms with E-state index in [2.05, 4.69) is 0 Å². The third-order valence-electron chi connectivity index (χ3n) is 5.41. The average molecular weight is 308 g/mol. The standard InChI is InChI=1S/C17H21FO4/c1-19-15-16-10-3-2-4-12(16)9-11-17(20-15,22-21-16)13-5-7-14(18)8-6-13/h5-8,12,15H,2-4,9-11H2,1H3/t12-,15-,16?,17-/m1/s1. The van der Waals surface area contributed by atoms with Gasteiger partial charge >= 0.3 is 0 Å². The van der Waals surface area contributed by atoms with Crippen LogP contribution in [-0.2, 0) is 25.0 Å². The first-order valence-electron chi connectivity index (χ1n) is 8.02. The molecule has 1 aromatic carbocycles. The summed E-state index contributed by atoms with van der Waals surface area (Å²) in [4.78, 5) is 11.7. The molecule has 0 N–H and O–H groups in total. The Hall–Kier alpha value is -1.01. The second-order valence-electron chi connectivity index (χ2n) is 6.55. The van der Waals surface area contributed by atoms with Crippen LogP contribution in [0.4, 0.5) is 4.39 Å². The summed E-state index contributed by atoms with van der Waals surface area (Å²) in [7, 11) is 1.65. The van der Waals surface area contributed by atoms with Crippen molar-refractivity contribution in [1.29, 1.82) is 0 Å². The van der Waals surface area contributed by atoms with Crippen LogP contribution < -0.4 is 0 Å². The quantitative estimate of drug-likeness (QED) is 0.782. The molecule has 1 unspecified atom stereocenters. The van der Waals surface area contributed by atoms with Crippen LogP contribution in [0.3, 0.4) is 0 Å². The van der Waals surface area contributed by atoms with Gasteiger partial charge in [0.1, 0.15) is 5.82 Å². The van der Waals surface area contributed by atoms with E-state index in [4.69, 9.17) is 19.2 Å². The molecular weight excluding hydrogens is 287 g/mol. The molecule has 1 spiro atoms. The van der Waals surface area contributed by atoms with Crippen molar-refractivity contribution in [3.8, 4) is 0 Å². The highest BCUT2D eigenvalue weighted by Crippen LogP contribution is 2.54. The Labute approximate surface area is 129 Å². The van der Waals surface area contributed by atoms with Crippen molar-refractivity contribution < 1.29 is 23.6 Å². The highest BCUT2D eigenvalue weighted by molar-refractivity contribution is 5.22. The van der Waals surface area contributed by atoms with Crippen molar-refractivity contribution in [3.63, 3.8) is 0 Å². The zero-order chi connectivity index (χ0) is 15.2. The van der Waals surface area contributed by atoms with Gasteiger partial charge in [0, 0.05) is 19.1 Å². The number of methoxy groups -OCH3 is 1. The molecule has 3 saturated heterocycles. The number of hydrogen-bond donors (Lipinski definition) is 0. The maximum Gasteiger partial charge on any atom is 0.230 e. The van der Waals surface area contributed by atoms with Gasteiger partial charge in [0.05, 0.1) is 0 Å². The highest BCUT2D eigenvalue weighted by Gasteiger charge is 2.61. The Morgan fingerprint density at radius 1 is 1.09 bits per heavy atom. The highest BCUT2D eigenvalue weighted by atomic mass is 19.1. The van der Waals surface area contributed by atoms with Crippen molar-refractivity contribution >= 4 is 0 Å². The fourth-order valence-corrected chi connectivity index (χ4v) is 4.20. The molecule has 3 heterocycles. The van der Waals surface area contributed by atoms with Gasteiger partial charge in [0.25, 0.3) is 0 Å². The summed E-state index contributed by atoms with van der Waals surface area (Å²) >= 11 is 0. The molecule has 4 nitrogen and oxygen atoms in total. The van der Waals surface area contributed by atoms with Crippen molar-refractivity contribution in [3.05, 3.63) is 35.6 Å². The minimum atomic E-state index is -1.00. The molecule has 1 saturated carbocycles. The Balaban J connectivity index is 1.73. The van der Waals surface area contributed by atoms with E-state index in [0.29, 0.717) is 12.3 Å². The number of rotatable bonds is 2. The smallest absolute Gasteiger partial charge is 0.230 e. The SMILES string of the molecule is CO[C@@H]1O[C@]2(c3ccc(F)cc3)CC[C@H]3CCCCC31OO2. The van der Waals surface area contributed by atoms with E-state index in [1.54, 1.807) is 19.2 Å². The molecule has 2 bridgehead atoms. The summed E-state index contributed by atoms with van der Waals surface area (Å²) in [6.45, 7) is 0. The van der Waals surface area contributed by atoms with Gasteiger partial charge in [0.2, 0.25) is 5.79 Å². The topological polar surface area (TPSA) is 36.9 Å². The van der Waals surface area contributed by atoms with Crippen LogP contribution in [0.15, 0.2) is 24.3 Å². The van der Waals surface area contributed by atoms with Crippen molar-refractivity contribution in [2.75, 3.05) is 7.11 Å². The van der Waals surface area contributed by atoms with Crippen LogP contribution in [0.25, 0.3) is 0 Å². The number of ether oxygens (including phenoxy) is 2. The third kappa shape index (κ3) is 2.03. The largest absolute Gasteiger partial charge is 0.353 e. The van der Waals surface area contributed by atoms with Crippen molar-refractivity contribution in [2.45, 2.75) is 56.2 Å². The molecule has 120 valence electrons. The normalized spacial score (nSPS) is 41.0. The van der Waals surface area contributed by atoms with E-state index in [0.717, 1.165) is 31.2 Å². The van der Waals surface area contributed by atoms with Crippen molar-refractivity contribution in [1.82, 2.24) is 0 Å². The second kappa shape index (κ2) is 5.27. The molecule has 4 atom stereocenters. The Morgan fingerprint density at radius 2 is 1.91 bits per heavy atom. The molecule has 0 radical (unpaired) electrons. The van der Waals surface area contributed by atoms with E-state index in [-0.39, 0.29) is 5.82 Å². The van der Waals surface area contributed by atoms with Crippen molar-refractivity contribution in [2.24, 2.45) is 5.92 Å². The van der Waals surface area contributed by atoms with Gasteiger partial charge in [0.15, 0.2) is 11.9 Å². The first-order chi connectivity index (χ1) is 10.7. The minimum Gasteiger partial charge on any atom is -0.353 e. The first-order valence-corrected chi connectivity index (χ1v) is 8.02. The fourth-order valence-electron chi connectivity index (χ4n) is 4.20. The number of hydrogen-bond acceptors (Lipinski definition) is 4.